The van der Waals surface area contributed by atoms with Crippen LogP contribution in [0.2, 0.25) is 0 Å². The summed E-state index contributed by atoms with van der Waals surface area (Å²) in [5, 5.41) is 8.62. The first-order valence-corrected chi connectivity index (χ1v) is 7.97. The van der Waals surface area contributed by atoms with Crippen LogP contribution in [-0.4, -0.2) is 25.1 Å². The number of hydrogen-bond acceptors (Lipinski definition) is 3. The van der Waals surface area contributed by atoms with Gasteiger partial charge in [0.05, 0.1) is 16.7 Å². The molecule has 7 nitrogen and oxygen atoms in total. The number of rotatable bonds is 0. The molecule has 4 N–H and O–H groups in total. The predicted octanol–water partition coefficient (Wildman–Crippen LogP) is 1.88. The molecular weight excluding hydrogens is 306 g/mol. The fourth-order valence-corrected chi connectivity index (χ4v) is 3.73. The zero-order chi connectivity index (χ0) is 16.4. The number of aromatic nitrogens is 5. The minimum Gasteiger partial charge on any atom is -0.353 e. The standard InChI is InChI=1S/C17H15N5O2/c1-7-8-3-2-4-9-10-5-12-13(20-17(24)16(23)19-12)6-11(10)18-14(9)15(8)22-21-7/h5-6,18H,2-4H2,1H3,(H,19,23)(H,20,24)(H,21,22). The Hall–Kier alpha value is -3.09. The second kappa shape index (κ2) is 4.47. The van der Waals surface area contributed by atoms with Crippen molar-refractivity contribution in [2.45, 2.75) is 26.2 Å². The van der Waals surface area contributed by atoms with E-state index in [9.17, 15) is 9.59 Å². The van der Waals surface area contributed by atoms with Crippen molar-refractivity contribution in [3.8, 4) is 11.4 Å². The van der Waals surface area contributed by atoms with Crippen molar-refractivity contribution in [1.82, 2.24) is 25.1 Å². The third kappa shape index (κ3) is 1.69. The molecule has 24 heavy (non-hydrogen) atoms. The number of nitrogens with one attached hydrogen (secondary N) is 4. The van der Waals surface area contributed by atoms with Crippen LogP contribution in [0.25, 0.3) is 33.3 Å². The van der Waals surface area contributed by atoms with Crippen LogP contribution < -0.4 is 11.1 Å². The van der Waals surface area contributed by atoms with E-state index < -0.39 is 11.1 Å². The second-order valence-electron chi connectivity index (χ2n) is 6.36. The summed E-state index contributed by atoms with van der Waals surface area (Å²) in [5.41, 5.74) is 6.49. The minimum absolute atomic E-state index is 0.613. The van der Waals surface area contributed by atoms with Crippen LogP contribution in [0.4, 0.5) is 0 Å². The molecule has 1 aliphatic rings. The fraction of sp³-hybridized carbons (Fsp3) is 0.235. The highest BCUT2D eigenvalue weighted by molar-refractivity contribution is 5.98. The lowest BCUT2D eigenvalue weighted by Gasteiger charge is -2.01. The van der Waals surface area contributed by atoms with E-state index in [0.29, 0.717) is 11.0 Å². The van der Waals surface area contributed by atoms with Crippen LogP contribution in [-0.2, 0) is 12.8 Å². The molecule has 4 aromatic rings. The van der Waals surface area contributed by atoms with Crippen LogP contribution >= 0.6 is 0 Å². The summed E-state index contributed by atoms with van der Waals surface area (Å²) in [6.07, 6.45) is 3.00. The van der Waals surface area contributed by atoms with Gasteiger partial charge in [-0.25, -0.2) is 0 Å². The lowest BCUT2D eigenvalue weighted by Crippen LogP contribution is -2.28. The highest BCUT2D eigenvalue weighted by Gasteiger charge is 2.23. The molecule has 0 fully saturated rings. The first-order valence-electron chi connectivity index (χ1n) is 7.97. The maximum atomic E-state index is 11.6. The molecule has 3 heterocycles. The monoisotopic (exact) mass is 321 g/mol. The molecule has 0 spiro atoms. The predicted molar refractivity (Wildman–Crippen MR) is 91.4 cm³/mol. The van der Waals surface area contributed by atoms with Gasteiger partial charge >= 0.3 is 11.1 Å². The van der Waals surface area contributed by atoms with Crippen molar-refractivity contribution < 1.29 is 0 Å². The van der Waals surface area contributed by atoms with E-state index in [0.717, 1.165) is 47.2 Å². The van der Waals surface area contributed by atoms with E-state index >= 15 is 0 Å². The van der Waals surface area contributed by atoms with Gasteiger partial charge in [-0.05, 0) is 43.9 Å². The molecule has 1 aromatic carbocycles. The molecule has 3 aromatic heterocycles. The second-order valence-corrected chi connectivity index (χ2v) is 6.36. The van der Waals surface area contributed by atoms with E-state index in [1.807, 2.05) is 19.1 Å². The van der Waals surface area contributed by atoms with Crippen LogP contribution in [0.5, 0.6) is 0 Å². The van der Waals surface area contributed by atoms with E-state index in [-0.39, 0.29) is 0 Å². The molecule has 0 aliphatic heterocycles. The molecule has 0 saturated carbocycles. The smallest absolute Gasteiger partial charge is 0.314 e. The Morgan fingerprint density at radius 3 is 2.42 bits per heavy atom. The Kier molecular flexibility index (Phi) is 2.49. The maximum Gasteiger partial charge on any atom is 0.314 e. The van der Waals surface area contributed by atoms with Gasteiger partial charge in [-0.2, -0.15) is 5.10 Å². The number of fused-ring (bicyclic) bond motifs is 6. The zero-order valence-electron chi connectivity index (χ0n) is 13.0. The summed E-state index contributed by atoms with van der Waals surface area (Å²) in [4.78, 5) is 31.9. The number of nitrogens with zero attached hydrogens (tertiary/aromatic N) is 1. The molecule has 120 valence electrons. The first kappa shape index (κ1) is 13.4. The topological polar surface area (TPSA) is 110 Å². The van der Waals surface area contributed by atoms with Gasteiger partial charge in [-0.1, -0.05) is 0 Å². The molecule has 0 saturated heterocycles. The summed E-state index contributed by atoms with van der Waals surface area (Å²) in [5.74, 6) is 0. The lowest BCUT2D eigenvalue weighted by atomic mass is 10.1. The van der Waals surface area contributed by atoms with Crippen molar-refractivity contribution in [1.29, 1.82) is 0 Å². The quantitative estimate of drug-likeness (QED) is 0.371. The minimum atomic E-state index is -0.639. The van der Waals surface area contributed by atoms with Gasteiger partial charge in [0.15, 0.2) is 0 Å². The molecular formula is C17H15N5O2. The summed E-state index contributed by atoms with van der Waals surface area (Å²) in [7, 11) is 0. The van der Waals surface area contributed by atoms with Crippen molar-refractivity contribution in [3.63, 3.8) is 0 Å². The molecule has 5 rings (SSSR count). The number of aromatic amines is 4. The summed E-state index contributed by atoms with van der Waals surface area (Å²) >= 11 is 0. The lowest BCUT2D eigenvalue weighted by molar-refractivity contribution is 0.832. The fourth-order valence-electron chi connectivity index (χ4n) is 3.73. The number of hydrogen-bond donors (Lipinski definition) is 4. The van der Waals surface area contributed by atoms with E-state index in [1.165, 1.54) is 11.1 Å². The average Bonchev–Trinajstić information content (AvgIpc) is 3.02. The van der Waals surface area contributed by atoms with Crippen molar-refractivity contribution in [2.24, 2.45) is 0 Å². The molecule has 1 aliphatic carbocycles. The van der Waals surface area contributed by atoms with Gasteiger partial charge < -0.3 is 15.0 Å². The van der Waals surface area contributed by atoms with E-state index in [2.05, 4.69) is 25.1 Å². The highest BCUT2D eigenvalue weighted by atomic mass is 16.2. The van der Waals surface area contributed by atoms with Crippen molar-refractivity contribution in [2.75, 3.05) is 0 Å². The maximum absolute atomic E-state index is 11.6. The average molecular weight is 321 g/mol. The van der Waals surface area contributed by atoms with Gasteiger partial charge in [0.25, 0.3) is 0 Å². The largest absolute Gasteiger partial charge is 0.353 e. The van der Waals surface area contributed by atoms with Crippen LogP contribution in [0.3, 0.4) is 0 Å². The summed E-state index contributed by atoms with van der Waals surface area (Å²) < 4.78 is 0. The van der Waals surface area contributed by atoms with E-state index in [4.69, 9.17) is 0 Å². The van der Waals surface area contributed by atoms with Crippen molar-refractivity contribution >= 4 is 21.9 Å². The zero-order valence-corrected chi connectivity index (χ0v) is 13.0. The number of benzene rings is 1. The molecule has 7 heteroatoms. The molecule has 0 atom stereocenters. The van der Waals surface area contributed by atoms with Gasteiger partial charge in [0.2, 0.25) is 0 Å². The Morgan fingerprint density at radius 2 is 1.62 bits per heavy atom. The Balaban J connectivity index is 1.89. The summed E-state index contributed by atoms with van der Waals surface area (Å²) in [6, 6.07) is 3.80. The third-order valence-electron chi connectivity index (χ3n) is 4.91. The number of aryl methyl sites for hydroxylation is 2. The molecule has 0 radical (unpaired) electrons. The van der Waals surface area contributed by atoms with Gasteiger partial charge in [-0.3, -0.25) is 14.7 Å². The Labute approximate surface area is 135 Å². The van der Waals surface area contributed by atoms with Crippen LogP contribution in [0, 0.1) is 6.92 Å². The molecule has 0 unspecified atom stereocenters. The van der Waals surface area contributed by atoms with Gasteiger partial charge in [0.1, 0.15) is 5.69 Å². The van der Waals surface area contributed by atoms with E-state index in [1.54, 1.807) is 0 Å². The van der Waals surface area contributed by atoms with Crippen LogP contribution in [0.15, 0.2) is 21.7 Å². The van der Waals surface area contributed by atoms with Gasteiger partial charge in [-0.15, -0.1) is 0 Å². The Morgan fingerprint density at radius 1 is 0.917 bits per heavy atom. The van der Waals surface area contributed by atoms with Crippen molar-refractivity contribution in [3.05, 3.63) is 49.7 Å². The third-order valence-corrected chi connectivity index (χ3v) is 4.91. The Bertz CT molecular complexity index is 1240. The normalized spacial score (nSPS) is 13.9. The summed E-state index contributed by atoms with van der Waals surface area (Å²) in [6.45, 7) is 2.04. The van der Waals surface area contributed by atoms with Gasteiger partial charge in [0, 0.05) is 22.2 Å². The first-order chi connectivity index (χ1) is 11.6. The molecule has 0 amide bonds. The SMILES string of the molecule is Cc1[nH]nc2c1CCCc1c-2[nH]c2cc3[nH]c(=O)c(=O)[nH]c3cc12. The number of H-pyrrole nitrogens is 4. The highest BCUT2D eigenvalue weighted by Crippen LogP contribution is 2.37. The van der Waals surface area contributed by atoms with Crippen LogP contribution in [0.1, 0.15) is 23.2 Å². The molecule has 0 bridgehead atoms.